The normalized spacial score (nSPS) is 11.7. The van der Waals surface area contributed by atoms with E-state index in [1.54, 1.807) is 23.9 Å². The minimum atomic E-state index is -3.51. The van der Waals surface area contributed by atoms with Crippen LogP contribution in [0.2, 0.25) is 0 Å². The zero-order valence-corrected chi connectivity index (χ0v) is 13.3. The lowest BCUT2D eigenvalue weighted by atomic mass is 10.1. The van der Waals surface area contributed by atoms with E-state index in [9.17, 15) is 8.42 Å². The maximum Gasteiger partial charge on any atom is 0.240 e. The topological polar surface area (TPSA) is 92.4 Å². The van der Waals surface area contributed by atoms with Crippen LogP contribution >= 0.6 is 11.8 Å². The van der Waals surface area contributed by atoms with Gasteiger partial charge in [0.1, 0.15) is 0 Å². The third-order valence-electron chi connectivity index (χ3n) is 2.75. The maximum atomic E-state index is 12.2. The lowest BCUT2D eigenvalue weighted by Crippen LogP contribution is -2.27. The van der Waals surface area contributed by atoms with Gasteiger partial charge in [0.2, 0.25) is 10.0 Å². The first-order valence-electron chi connectivity index (χ1n) is 6.58. The summed E-state index contributed by atoms with van der Waals surface area (Å²) in [5.41, 5.74) is 6.88. The molecule has 0 spiro atoms. The fourth-order valence-electron chi connectivity index (χ4n) is 1.71. The molecular formula is C13H22N2O3S2. The third-order valence-corrected chi connectivity index (χ3v) is 5.36. The molecular weight excluding hydrogens is 296 g/mol. The van der Waals surface area contributed by atoms with Gasteiger partial charge in [0.15, 0.2) is 0 Å². The Labute approximate surface area is 125 Å². The predicted octanol–water partition coefficient (Wildman–Crippen LogP) is 1.23. The number of aliphatic hydroxyl groups excluding tert-OH is 1. The van der Waals surface area contributed by atoms with Crippen molar-refractivity contribution in [2.45, 2.75) is 24.7 Å². The molecule has 4 N–H and O–H groups in total. The number of nitrogens with one attached hydrogen (secondary N) is 1. The first-order valence-corrected chi connectivity index (χ1v) is 9.21. The van der Waals surface area contributed by atoms with Gasteiger partial charge in [-0.2, -0.15) is 11.8 Å². The Morgan fingerprint density at radius 3 is 2.75 bits per heavy atom. The highest BCUT2D eigenvalue weighted by molar-refractivity contribution is 7.99. The molecule has 0 aliphatic heterocycles. The van der Waals surface area contributed by atoms with Gasteiger partial charge in [0.05, 0.1) is 4.90 Å². The zero-order valence-electron chi connectivity index (χ0n) is 11.6. The van der Waals surface area contributed by atoms with Crippen molar-refractivity contribution in [3.8, 4) is 0 Å². The van der Waals surface area contributed by atoms with Gasteiger partial charge in [0, 0.05) is 24.6 Å². The highest BCUT2D eigenvalue weighted by atomic mass is 32.2. The summed E-state index contributed by atoms with van der Waals surface area (Å²) in [7, 11) is -3.51. The highest BCUT2D eigenvalue weighted by Crippen LogP contribution is 2.19. The molecule has 7 heteroatoms. The summed E-state index contributed by atoms with van der Waals surface area (Å²) >= 11 is 1.62. The van der Waals surface area contributed by atoms with Crippen LogP contribution in [0.1, 0.15) is 18.9 Å². The summed E-state index contributed by atoms with van der Waals surface area (Å²) in [5.74, 6) is 1.51. The lowest BCUT2D eigenvalue weighted by Gasteiger charge is -2.11. The Kier molecular flexibility index (Phi) is 7.36. The van der Waals surface area contributed by atoms with Crippen LogP contribution in [0.5, 0.6) is 0 Å². The molecule has 0 bridgehead atoms. The molecule has 0 aliphatic rings. The number of nitrogens with two attached hydrogens (primary N) is 1. The number of rotatable bonds is 9. The Hall–Kier alpha value is -0.760. The molecule has 1 rings (SSSR count). The Morgan fingerprint density at radius 2 is 2.10 bits per heavy atom. The number of thioether (sulfide) groups is 1. The predicted molar refractivity (Wildman–Crippen MR) is 84.4 cm³/mol. The molecule has 0 amide bonds. The SMILES string of the molecule is CCc1ccc(N)cc1S(=O)(=O)NCCSCCCO. The first kappa shape index (κ1) is 17.3. The van der Waals surface area contributed by atoms with E-state index in [1.165, 1.54) is 6.07 Å². The number of aryl methyl sites for hydroxylation is 1. The molecule has 0 heterocycles. The number of hydrogen-bond acceptors (Lipinski definition) is 5. The van der Waals surface area contributed by atoms with E-state index in [0.717, 1.165) is 17.7 Å². The second-order valence-corrected chi connectivity index (χ2v) is 7.27. The standard InChI is InChI=1S/C13H22N2O3S2/c1-2-11-4-5-12(14)10-13(11)20(17,18)15-6-9-19-8-3-7-16/h4-5,10,15-16H,2-3,6-9,14H2,1H3. The van der Waals surface area contributed by atoms with Crippen molar-refractivity contribution in [1.29, 1.82) is 0 Å². The summed E-state index contributed by atoms with van der Waals surface area (Å²) in [5, 5.41) is 8.65. The fraction of sp³-hybridized carbons (Fsp3) is 0.538. The van der Waals surface area contributed by atoms with Gasteiger partial charge >= 0.3 is 0 Å². The van der Waals surface area contributed by atoms with E-state index in [1.807, 2.05) is 6.92 Å². The van der Waals surface area contributed by atoms with Crippen LogP contribution in [0, 0.1) is 0 Å². The van der Waals surface area contributed by atoms with E-state index in [2.05, 4.69) is 4.72 Å². The number of aliphatic hydroxyl groups is 1. The number of anilines is 1. The molecule has 0 saturated heterocycles. The van der Waals surface area contributed by atoms with Gasteiger partial charge < -0.3 is 10.8 Å². The second-order valence-electron chi connectivity index (χ2n) is 4.31. The Morgan fingerprint density at radius 1 is 1.35 bits per heavy atom. The highest BCUT2D eigenvalue weighted by Gasteiger charge is 2.17. The van der Waals surface area contributed by atoms with E-state index in [0.29, 0.717) is 24.4 Å². The van der Waals surface area contributed by atoms with E-state index in [4.69, 9.17) is 10.8 Å². The van der Waals surface area contributed by atoms with E-state index >= 15 is 0 Å². The molecule has 0 fully saturated rings. The molecule has 1 aromatic rings. The van der Waals surface area contributed by atoms with Crippen molar-refractivity contribution in [2.24, 2.45) is 0 Å². The molecule has 0 radical (unpaired) electrons. The van der Waals surface area contributed by atoms with Gasteiger partial charge in [0.25, 0.3) is 0 Å². The van der Waals surface area contributed by atoms with Crippen LogP contribution in [0.3, 0.4) is 0 Å². The van der Waals surface area contributed by atoms with Crippen molar-refractivity contribution in [2.75, 3.05) is 30.4 Å². The van der Waals surface area contributed by atoms with Crippen LogP contribution in [-0.4, -0.2) is 38.2 Å². The molecule has 114 valence electrons. The van der Waals surface area contributed by atoms with Gasteiger partial charge in [-0.05, 0) is 36.3 Å². The van der Waals surface area contributed by atoms with Crippen LogP contribution in [0.25, 0.3) is 0 Å². The molecule has 5 nitrogen and oxygen atoms in total. The summed E-state index contributed by atoms with van der Waals surface area (Å²) in [6.07, 6.45) is 1.37. The summed E-state index contributed by atoms with van der Waals surface area (Å²) < 4.78 is 27.1. The van der Waals surface area contributed by atoms with Crippen molar-refractivity contribution in [3.05, 3.63) is 23.8 Å². The third kappa shape index (κ3) is 5.32. The minimum absolute atomic E-state index is 0.169. The van der Waals surface area contributed by atoms with Crippen LogP contribution < -0.4 is 10.5 Å². The number of hydrogen-bond donors (Lipinski definition) is 3. The zero-order chi connectivity index (χ0) is 15.0. The van der Waals surface area contributed by atoms with Gasteiger partial charge in [-0.1, -0.05) is 13.0 Å². The molecule has 0 unspecified atom stereocenters. The molecule has 0 saturated carbocycles. The smallest absolute Gasteiger partial charge is 0.240 e. The summed E-state index contributed by atoms with van der Waals surface area (Å²) in [6, 6.07) is 4.96. The quantitative estimate of drug-likeness (QED) is 0.470. The Bertz CT molecular complexity index is 518. The molecule has 0 aliphatic carbocycles. The Balaban J connectivity index is 2.62. The molecule has 0 aromatic heterocycles. The lowest BCUT2D eigenvalue weighted by molar-refractivity contribution is 0.296. The second kappa shape index (κ2) is 8.51. The maximum absolute atomic E-state index is 12.2. The monoisotopic (exact) mass is 318 g/mol. The van der Waals surface area contributed by atoms with Crippen molar-refractivity contribution >= 4 is 27.5 Å². The first-order chi connectivity index (χ1) is 9.51. The number of sulfonamides is 1. The molecule has 20 heavy (non-hydrogen) atoms. The van der Waals surface area contributed by atoms with E-state index in [-0.39, 0.29) is 11.5 Å². The fourth-order valence-corrected chi connectivity index (χ4v) is 4.00. The molecule has 0 atom stereocenters. The van der Waals surface area contributed by atoms with Crippen LogP contribution in [0.15, 0.2) is 23.1 Å². The van der Waals surface area contributed by atoms with Crippen LogP contribution in [0.4, 0.5) is 5.69 Å². The number of benzene rings is 1. The van der Waals surface area contributed by atoms with Gasteiger partial charge in [-0.15, -0.1) is 0 Å². The van der Waals surface area contributed by atoms with E-state index < -0.39 is 10.0 Å². The summed E-state index contributed by atoms with van der Waals surface area (Å²) in [6.45, 7) is 2.45. The average molecular weight is 318 g/mol. The largest absolute Gasteiger partial charge is 0.399 e. The van der Waals surface area contributed by atoms with Crippen molar-refractivity contribution in [3.63, 3.8) is 0 Å². The van der Waals surface area contributed by atoms with Gasteiger partial charge in [-0.25, -0.2) is 13.1 Å². The molecule has 1 aromatic carbocycles. The van der Waals surface area contributed by atoms with Crippen LogP contribution in [-0.2, 0) is 16.4 Å². The van der Waals surface area contributed by atoms with Crippen molar-refractivity contribution < 1.29 is 13.5 Å². The van der Waals surface area contributed by atoms with Crippen molar-refractivity contribution in [1.82, 2.24) is 4.72 Å². The minimum Gasteiger partial charge on any atom is -0.399 e. The average Bonchev–Trinajstić information content (AvgIpc) is 2.42. The number of nitrogen functional groups attached to an aromatic ring is 1. The van der Waals surface area contributed by atoms with Gasteiger partial charge in [-0.3, -0.25) is 0 Å². The summed E-state index contributed by atoms with van der Waals surface area (Å²) in [4.78, 5) is 0.264.